The Morgan fingerprint density at radius 2 is 1.97 bits per heavy atom. The second-order valence-electron chi connectivity index (χ2n) is 8.40. The van der Waals surface area contributed by atoms with Gasteiger partial charge in [0.25, 0.3) is 5.91 Å². The van der Waals surface area contributed by atoms with Crippen LogP contribution in [-0.2, 0) is 9.53 Å². The molecule has 6 nitrogen and oxygen atoms in total. The zero-order chi connectivity index (χ0) is 23.0. The van der Waals surface area contributed by atoms with Crippen LogP contribution in [0.15, 0.2) is 42.5 Å². The minimum absolute atomic E-state index is 0.124. The molecule has 4 rings (SSSR count). The largest absolute Gasteiger partial charge is 0.481 e. The van der Waals surface area contributed by atoms with Crippen molar-refractivity contribution in [2.75, 3.05) is 7.11 Å². The molecule has 0 spiro atoms. The van der Waals surface area contributed by atoms with E-state index in [1.54, 1.807) is 19.2 Å². The summed E-state index contributed by atoms with van der Waals surface area (Å²) < 4.78 is 25.1. The van der Waals surface area contributed by atoms with E-state index >= 15 is 0 Å². The Bertz CT molecular complexity index is 1210. The summed E-state index contributed by atoms with van der Waals surface area (Å²) >= 11 is 0. The van der Waals surface area contributed by atoms with Crippen LogP contribution in [0.1, 0.15) is 37.3 Å². The average molecular weight is 436 g/mol. The summed E-state index contributed by atoms with van der Waals surface area (Å²) in [5.41, 5.74) is 3.22. The second-order valence-corrected chi connectivity index (χ2v) is 8.40. The van der Waals surface area contributed by atoms with Gasteiger partial charge in [-0.25, -0.2) is 14.2 Å². The third kappa shape index (κ3) is 4.02. The molecule has 2 unspecified atom stereocenters. The number of aryl methyl sites for hydroxylation is 1. The molecule has 0 aliphatic carbocycles. The van der Waals surface area contributed by atoms with E-state index in [2.05, 4.69) is 5.32 Å². The summed E-state index contributed by atoms with van der Waals surface area (Å²) in [6.07, 6.45) is -1.24. The van der Waals surface area contributed by atoms with Crippen LogP contribution in [0.2, 0.25) is 0 Å². The molecule has 3 aromatic rings. The lowest BCUT2D eigenvalue weighted by Gasteiger charge is -2.25. The van der Waals surface area contributed by atoms with Crippen LogP contribution in [0, 0.1) is 18.7 Å². The molecule has 0 bridgehead atoms. The van der Waals surface area contributed by atoms with Gasteiger partial charge >= 0.3 is 6.09 Å². The Hall–Kier alpha value is -3.48. The van der Waals surface area contributed by atoms with Crippen LogP contribution in [-0.4, -0.2) is 30.2 Å². The first kappa shape index (κ1) is 21.7. The molecule has 2 amide bonds. The summed E-state index contributed by atoms with van der Waals surface area (Å²) in [4.78, 5) is 28.2. The third-order valence-corrected chi connectivity index (χ3v) is 5.94. The number of benzene rings is 2. The van der Waals surface area contributed by atoms with Gasteiger partial charge in [0.15, 0.2) is 6.10 Å². The van der Waals surface area contributed by atoms with Crippen molar-refractivity contribution in [2.45, 2.75) is 39.2 Å². The maximum absolute atomic E-state index is 14.3. The van der Waals surface area contributed by atoms with Crippen LogP contribution in [0.25, 0.3) is 22.0 Å². The molecule has 1 saturated heterocycles. The number of cyclic esters (lactones) is 1. The van der Waals surface area contributed by atoms with E-state index < -0.39 is 18.1 Å². The molecule has 7 heteroatoms. The highest BCUT2D eigenvalue weighted by atomic mass is 19.1. The highest BCUT2D eigenvalue weighted by molar-refractivity contribution is 6.00. The Labute approximate surface area is 185 Å². The minimum Gasteiger partial charge on any atom is -0.481 e. The van der Waals surface area contributed by atoms with Gasteiger partial charge in [-0.3, -0.25) is 10.1 Å². The van der Waals surface area contributed by atoms with Gasteiger partial charge in [0, 0.05) is 22.9 Å². The minimum atomic E-state index is -0.844. The van der Waals surface area contributed by atoms with Crippen LogP contribution in [0.5, 0.6) is 5.88 Å². The van der Waals surface area contributed by atoms with Crippen molar-refractivity contribution >= 4 is 22.8 Å². The number of ether oxygens (including phenoxy) is 2. The molecule has 2 heterocycles. The molecule has 2 aromatic carbocycles. The summed E-state index contributed by atoms with van der Waals surface area (Å²) in [5.74, 6) is -0.268. The van der Waals surface area contributed by atoms with Gasteiger partial charge in [-0.15, -0.1) is 0 Å². The van der Waals surface area contributed by atoms with Crippen molar-refractivity contribution in [3.8, 4) is 17.1 Å². The number of halogens is 1. The maximum atomic E-state index is 14.3. The first-order valence-corrected chi connectivity index (χ1v) is 10.5. The fraction of sp³-hybridized carbons (Fsp3) is 0.320. The molecule has 2 atom stereocenters. The van der Waals surface area contributed by atoms with Gasteiger partial charge in [-0.05, 0) is 47.9 Å². The number of aromatic nitrogens is 1. The molecule has 0 radical (unpaired) electrons. The van der Waals surface area contributed by atoms with Crippen LogP contribution >= 0.6 is 0 Å². The molecule has 1 N–H and O–H groups in total. The predicted molar refractivity (Wildman–Crippen MR) is 119 cm³/mol. The van der Waals surface area contributed by atoms with Gasteiger partial charge in [-0.2, -0.15) is 0 Å². The van der Waals surface area contributed by atoms with E-state index in [0.717, 1.165) is 22.1 Å². The predicted octanol–water partition coefficient (Wildman–Crippen LogP) is 5.12. The summed E-state index contributed by atoms with van der Waals surface area (Å²) in [5, 5.41) is 3.52. The Morgan fingerprint density at radius 3 is 2.62 bits per heavy atom. The molecule has 1 aliphatic heterocycles. The van der Waals surface area contributed by atoms with E-state index in [1.807, 2.05) is 45.0 Å². The van der Waals surface area contributed by atoms with Crippen molar-refractivity contribution in [1.82, 2.24) is 10.3 Å². The van der Waals surface area contributed by atoms with E-state index in [0.29, 0.717) is 23.4 Å². The van der Waals surface area contributed by atoms with E-state index in [4.69, 9.17) is 14.5 Å². The van der Waals surface area contributed by atoms with Gasteiger partial charge in [0.05, 0.1) is 12.8 Å². The number of alkyl carbamates (subject to hydrolysis) is 1. The lowest BCUT2D eigenvalue weighted by molar-refractivity contribution is -0.123. The lowest BCUT2D eigenvalue weighted by atomic mass is 9.83. The first-order chi connectivity index (χ1) is 15.3. The number of rotatable bonds is 6. The molecule has 1 aliphatic rings. The van der Waals surface area contributed by atoms with Crippen molar-refractivity contribution in [1.29, 1.82) is 0 Å². The monoisotopic (exact) mass is 436 g/mol. The Balaban J connectivity index is 1.75. The maximum Gasteiger partial charge on any atom is 0.414 e. The Morgan fingerprint density at radius 1 is 1.19 bits per heavy atom. The van der Waals surface area contributed by atoms with E-state index in [1.165, 1.54) is 6.07 Å². The number of hydrogen-bond donors (Lipinski definition) is 1. The number of amides is 2. The molecular formula is C25H25FN2O4. The van der Waals surface area contributed by atoms with Gasteiger partial charge in [0.2, 0.25) is 5.88 Å². The number of nitrogens with one attached hydrogen (secondary N) is 1. The van der Waals surface area contributed by atoms with Gasteiger partial charge in [0.1, 0.15) is 5.82 Å². The summed E-state index contributed by atoms with van der Waals surface area (Å²) in [7, 11) is 1.55. The smallest absolute Gasteiger partial charge is 0.414 e. The average Bonchev–Trinajstić information content (AvgIpc) is 3.08. The number of carbonyl (C=O) groups excluding carboxylic acids is 2. The zero-order valence-electron chi connectivity index (χ0n) is 18.4. The molecule has 1 fully saturated rings. The third-order valence-electron chi connectivity index (χ3n) is 5.94. The van der Waals surface area contributed by atoms with Crippen molar-refractivity contribution < 1.29 is 23.5 Å². The lowest BCUT2D eigenvalue weighted by Crippen LogP contribution is -2.27. The van der Waals surface area contributed by atoms with Crippen molar-refractivity contribution in [2.24, 2.45) is 5.92 Å². The van der Waals surface area contributed by atoms with E-state index in [9.17, 15) is 14.0 Å². The van der Waals surface area contributed by atoms with Crippen LogP contribution in [0.3, 0.4) is 0 Å². The second kappa shape index (κ2) is 8.57. The quantitative estimate of drug-likeness (QED) is 0.580. The first-order valence-electron chi connectivity index (χ1n) is 10.5. The summed E-state index contributed by atoms with van der Waals surface area (Å²) in [6, 6.07) is 12.6. The number of hydrogen-bond acceptors (Lipinski definition) is 5. The van der Waals surface area contributed by atoms with Gasteiger partial charge < -0.3 is 9.47 Å². The van der Waals surface area contributed by atoms with Gasteiger partial charge in [-0.1, -0.05) is 38.1 Å². The molecule has 32 heavy (non-hydrogen) atoms. The number of pyridine rings is 1. The normalized spacial score (nSPS) is 16.9. The number of nitrogens with zero attached hydrogens (tertiary/aromatic N) is 1. The number of imide groups is 1. The highest BCUT2D eigenvalue weighted by Crippen LogP contribution is 2.38. The summed E-state index contributed by atoms with van der Waals surface area (Å²) in [6.45, 7) is 6.01. The number of methoxy groups -OCH3 is 1. The molecular weight excluding hydrogens is 411 g/mol. The van der Waals surface area contributed by atoms with Crippen LogP contribution < -0.4 is 10.1 Å². The van der Waals surface area contributed by atoms with Crippen LogP contribution in [0.4, 0.5) is 9.18 Å². The topological polar surface area (TPSA) is 77.5 Å². The Kier molecular flexibility index (Phi) is 5.82. The van der Waals surface area contributed by atoms with Crippen molar-refractivity contribution in [3.05, 3.63) is 59.4 Å². The fourth-order valence-corrected chi connectivity index (χ4v) is 4.26. The molecule has 1 aromatic heterocycles. The van der Waals surface area contributed by atoms with E-state index in [-0.39, 0.29) is 17.7 Å². The fourth-order valence-electron chi connectivity index (χ4n) is 4.26. The van der Waals surface area contributed by atoms with Crippen molar-refractivity contribution in [3.63, 3.8) is 0 Å². The SMILES string of the molecule is COc1nc(-c2ccc3cccc(F)c3c2)c(C)cc1C(CC1OC(=O)NC1=O)C(C)C. The zero-order valence-corrected chi connectivity index (χ0v) is 18.4. The highest BCUT2D eigenvalue weighted by Gasteiger charge is 2.36. The molecule has 166 valence electrons. The number of fused-ring (bicyclic) bond motifs is 1. The number of carbonyl (C=O) groups is 2. The molecule has 0 saturated carbocycles. The standard InChI is InChI=1S/C25H25FN2O4/c1-13(2)17(12-21-23(29)28-25(30)32-21)19-10-14(3)22(27-24(19)31-4)16-9-8-15-6-5-7-20(26)18(15)11-16/h5-11,13,17,21H,12H2,1-4H3,(H,28,29,30).